The van der Waals surface area contributed by atoms with Gasteiger partial charge in [-0.25, -0.2) is 4.79 Å². The van der Waals surface area contributed by atoms with Crippen LogP contribution in [0.25, 0.3) is 0 Å². The molecule has 160 valence electrons. The molecule has 3 rings (SSSR count). The summed E-state index contributed by atoms with van der Waals surface area (Å²) in [6.07, 6.45) is 4.23. The molecule has 0 saturated carbocycles. The third-order valence-electron chi connectivity index (χ3n) is 5.56. The van der Waals surface area contributed by atoms with Gasteiger partial charge >= 0.3 is 5.69 Å². The van der Waals surface area contributed by atoms with Crippen LogP contribution >= 0.6 is 0 Å². The van der Waals surface area contributed by atoms with Gasteiger partial charge in [-0.3, -0.25) is 9.13 Å². The van der Waals surface area contributed by atoms with E-state index in [1.54, 1.807) is 11.7 Å². The molecule has 1 aromatic heterocycles. The molecule has 0 bridgehead atoms. The van der Waals surface area contributed by atoms with Crippen LogP contribution in [0, 0.1) is 0 Å². The molecule has 0 radical (unpaired) electrons. The van der Waals surface area contributed by atoms with Gasteiger partial charge < -0.3 is 9.84 Å². The maximum absolute atomic E-state index is 13.0. The third-order valence-corrected chi connectivity index (χ3v) is 5.56. The van der Waals surface area contributed by atoms with Crippen LogP contribution in [0.5, 0.6) is 11.6 Å². The first-order chi connectivity index (χ1) is 14.6. The molecule has 1 heterocycles. The second-order valence-electron chi connectivity index (χ2n) is 7.66. The molecule has 0 atom stereocenters. The van der Waals surface area contributed by atoms with E-state index in [9.17, 15) is 9.90 Å². The average Bonchev–Trinajstić information content (AvgIpc) is 2.99. The van der Waals surface area contributed by atoms with Crippen molar-refractivity contribution in [2.45, 2.75) is 59.0 Å². The van der Waals surface area contributed by atoms with E-state index in [0.717, 1.165) is 42.7 Å². The van der Waals surface area contributed by atoms with E-state index in [0.29, 0.717) is 19.5 Å². The molecule has 0 fully saturated rings. The lowest BCUT2D eigenvalue weighted by Crippen LogP contribution is -2.25. The molecular weight excluding hydrogens is 376 g/mol. The number of methoxy groups -OCH3 is 1. The largest absolute Gasteiger partial charge is 0.497 e. The fourth-order valence-electron chi connectivity index (χ4n) is 3.79. The minimum atomic E-state index is -0.131. The van der Waals surface area contributed by atoms with Crippen LogP contribution in [-0.2, 0) is 32.4 Å². The number of aryl methyl sites for hydroxylation is 2. The van der Waals surface area contributed by atoms with Crippen molar-refractivity contribution in [3.8, 4) is 11.6 Å². The van der Waals surface area contributed by atoms with Crippen molar-refractivity contribution in [3.63, 3.8) is 0 Å². The van der Waals surface area contributed by atoms with Gasteiger partial charge in [0.1, 0.15) is 5.75 Å². The number of imidazole rings is 1. The zero-order valence-corrected chi connectivity index (χ0v) is 18.2. The van der Waals surface area contributed by atoms with Crippen molar-refractivity contribution in [3.05, 3.63) is 81.4 Å². The summed E-state index contributed by atoms with van der Waals surface area (Å²) in [5.74, 6) is 0.944. The number of nitrogens with zero attached hydrogens (tertiary/aromatic N) is 2. The Kier molecular flexibility index (Phi) is 7.39. The Morgan fingerprint density at radius 3 is 2.10 bits per heavy atom. The molecule has 2 aromatic carbocycles. The molecule has 0 spiro atoms. The van der Waals surface area contributed by atoms with Crippen molar-refractivity contribution in [2.75, 3.05) is 7.11 Å². The highest BCUT2D eigenvalue weighted by Gasteiger charge is 2.19. The van der Waals surface area contributed by atoms with E-state index in [1.807, 2.05) is 31.2 Å². The van der Waals surface area contributed by atoms with Crippen LogP contribution < -0.4 is 10.4 Å². The number of benzene rings is 2. The number of hydrogen-bond donors (Lipinski definition) is 1. The first-order valence-electron chi connectivity index (χ1n) is 10.8. The van der Waals surface area contributed by atoms with Crippen LogP contribution in [0.4, 0.5) is 0 Å². The summed E-state index contributed by atoms with van der Waals surface area (Å²) in [5, 5.41) is 10.9. The molecule has 30 heavy (non-hydrogen) atoms. The quantitative estimate of drug-likeness (QED) is 0.535. The van der Waals surface area contributed by atoms with E-state index in [1.165, 1.54) is 15.7 Å². The van der Waals surface area contributed by atoms with Gasteiger partial charge in [0.2, 0.25) is 5.88 Å². The molecule has 0 aliphatic rings. The number of aromatic hydroxyl groups is 1. The Bertz CT molecular complexity index is 999. The average molecular weight is 409 g/mol. The van der Waals surface area contributed by atoms with Crippen LogP contribution in [0.3, 0.4) is 0 Å². The predicted molar refractivity (Wildman–Crippen MR) is 121 cm³/mol. The first-order valence-corrected chi connectivity index (χ1v) is 10.8. The third kappa shape index (κ3) is 4.96. The van der Waals surface area contributed by atoms with Gasteiger partial charge in [0.15, 0.2) is 0 Å². The summed E-state index contributed by atoms with van der Waals surface area (Å²) in [6.45, 7) is 5.17. The van der Waals surface area contributed by atoms with Gasteiger partial charge in [0, 0.05) is 6.54 Å². The van der Waals surface area contributed by atoms with Crippen molar-refractivity contribution in [2.24, 2.45) is 0 Å². The maximum Gasteiger partial charge on any atom is 0.331 e. The van der Waals surface area contributed by atoms with E-state index in [-0.39, 0.29) is 11.6 Å². The second kappa shape index (κ2) is 10.2. The van der Waals surface area contributed by atoms with Crippen LogP contribution in [-0.4, -0.2) is 21.4 Å². The molecule has 5 heteroatoms. The Hall–Kier alpha value is -2.95. The van der Waals surface area contributed by atoms with Crippen LogP contribution in [0.2, 0.25) is 0 Å². The van der Waals surface area contributed by atoms with E-state index >= 15 is 0 Å². The molecule has 0 unspecified atom stereocenters. The van der Waals surface area contributed by atoms with Crippen molar-refractivity contribution >= 4 is 0 Å². The van der Waals surface area contributed by atoms with Crippen molar-refractivity contribution < 1.29 is 9.84 Å². The Balaban J connectivity index is 1.76. The van der Waals surface area contributed by atoms with Gasteiger partial charge in [0.25, 0.3) is 0 Å². The zero-order valence-electron chi connectivity index (χ0n) is 18.2. The number of aromatic nitrogens is 2. The smallest absolute Gasteiger partial charge is 0.331 e. The summed E-state index contributed by atoms with van der Waals surface area (Å²) in [4.78, 5) is 13.0. The van der Waals surface area contributed by atoms with E-state index in [2.05, 4.69) is 31.2 Å². The predicted octanol–water partition coefficient (Wildman–Crippen LogP) is 4.56. The van der Waals surface area contributed by atoms with Gasteiger partial charge in [0.05, 0.1) is 19.3 Å². The highest BCUT2D eigenvalue weighted by atomic mass is 16.5. The first kappa shape index (κ1) is 21.8. The molecule has 0 aliphatic carbocycles. The molecular formula is C25H32N2O3. The Labute approximate surface area is 178 Å². The van der Waals surface area contributed by atoms with E-state index < -0.39 is 0 Å². The van der Waals surface area contributed by atoms with Gasteiger partial charge in [-0.15, -0.1) is 0 Å². The lowest BCUT2D eigenvalue weighted by Gasteiger charge is -2.07. The van der Waals surface area contributed by atoms with Crippen molar-refractivity contribution in [1.29, 1.82) is 0 Å². The fourth-order valence-corrected chi connectivity index (χ4v) is 3.79. The normalized spacial score (nSPS) is 11.0. The summed E-state index contributed by atoms with van der Waals surface area (Å²) in [5.41, 5.74) is 4.10. The van der Waals surface area contributed by atoms with Gasteiger partial charge in [-0.2, -0.15) is 0 Å². The topological polar surface area (TPSA) is 56.4 Å². The molecule has 3 aromatic rings. The summed E-state index contributed by atoms with van der Waals surface area (Å²) < 4.78 is 8.44. The number of ether oxygens (including phenoxy) is 1. The number of rotatable bonds is 10. The van der Waals surface area contributed by atoms with Crippen LogP contribution in [0.1, 0.15) is 49.1 Å². The van der Waals surface area contributed by atoms with Gasteiger partial charge in [-0.05, 0) is 60.9 Å². The Morgan fingerprint density at radius 1 is 0.867 bits per heavy atom. The molecule has 0 saturated heterocycles. The summed E-state index contributed by atoms with van der Waals surface area (Å²) in [7, 11) is 1.66. The van der Waals surface area contributed by atoms with E-state index in [4.69, 9.17) is 4.74 Å². The highest BCUT2D eigenvalue weighted by molar-refractivity contribution is 5.28. The zero-order chi connectivity index (χ0) is 21.5. The summed E-state index contributed by atoms with van der Waals surface area (Å²) in [6, 6.07) is 16.3. The summed E-state index contributed by atoms with van der Waals surface area (Å²) >= 11 is 0. The number of hydrogen-bond acceptors (Lipinski definition) is 3. The molecule has 5 nitrogen and oxygen atoms in total. The van der Waals surface area contributed by atoms with Gasteiger partial charge in [-0.1, -0.05) is 50.2 Å². The lowest BCUT2D eigenvalue weighted by molar-refractivity contribution is 0.414. The molecule has 0 aliphatic heterocycles. The highest BCUT2D eigenvalue weighted by Crippen LogP contribution is 2.21. The minimum Gasteiger partial charge on any atom is -0.497 e. The second-order valence-corrected chi connectivity index (χ2v) is 7.66. The lowest BCUT2D eigenvalue weighted by atomic mass is 10.1. The standard InChI is InChI=1S/C25H32N2O3/c1-4-17-26-23(8-6-7-20-13-15-22(30-3)16-14-20)24(28)27(25(26)29)18-21-11-9-19(5-2)10-12-21/h9-16,28H,4-8,17-18H2,1-3H3. The monoisotopic (exact) mass is 408 g/mol. The SMILES string of the molecule is CCCn1c(CCCc2ccc(OC)cc2)c(O)n(Cc2ccc(CC)cc2)c1=O. The molecule has 1 N–H and O–H groups in total. The Morgan fingerprint density at radius 2 is 1.50 bits per heavy atom. The fraction of sp³-hybridized carbons (Fsp3) is 0.400. The molecule has 0 amide bonds. The minimum absolute atomic E-state index is 0.0998. The van der Waals surface area contributed by atoms with Crippen LogP contribution in [0.15, 0.2) is 53.3 Å². The van der Waals surface area contributed by atoms with Crippen molar-refractivity contribution in [1.82, 2.24) is 9.13 Å². The maximum atomic E-state index is 13.0.